The van der Waals surface area contributed by atoms with E-state index in [0.29, 0.717) is 12.8 Å². The molecule has 1 aliphatic heterocycles. The third-order valence-corrected chi connectivity index (χ3v) is 5.21. The molecule has 3 heterocycles. The van der Waals surface area contributed by atoms with Gasteiger partial charge in [-0.25, -0.2) is 4.98 Å². The van der Waals surface area contributed by atoms with Gasteiger partial charge in [-0.1, -0.05) is 5.16 Å². The van der Waals surface area contributed by atoms with Crippen molar-refractivity contribution in [1.29, 1.82) is 0 Å². The first-order chi connectivity index (χ1) is 10.7. The minimum absolute atomic E-state index is 0.158. The van der Waals surface area contributed by atoms with Crippen LogP contribution in [0, 0.1) is 13.8 Å². The Morgan fingerprint density at radius 3 is 3.00 bits per heavy atom. The van der Waals surface area contributed by atoms with Crippen LogP contribution in [0.25, 0.3) is 0 Å². The Labute approximate surface area is 134 Å². The summed E-state index contributed by atoms with van der Waals surface area (Å²) in [5.74, 6) is 1.03. The van der Waals surface area contributed by atoms with Crippen LogP contribution < -0.4 is 0 Å². The van der Waals surface area contributed by atoms with Crippen LogP contribution in [0.5, 0.6) is 0 Å². The molecule has 0 radical (unpaired) electrons. The first-order valence-electron chi connectivity index (χ1n) is 7.77. The minimum atomic E-state index is 0.158. The van der Waals surface area contributed by atoms with E-state index in [1.165, 1.54) is 0 Å². The Morgan fingerprint density at radius 2 is 2.32 bits per heavy atom. The van der Waals surface area contributed by atoms with Gasteiger partial charge in [-0.2, -0.15) is 0 Å². The number of likely N-dealkylation sites (tertiary alicyclic amines) is 1. The van der Waals surface area contributed by atoms with Gasteiger partial charge in [-0.15, -0.1) is 11.3 Å². The van der Waals surface area contributed by atoms with Gasteiger partial charge in [0.25, 0.3) is 0 Å². The van der Waals surface area contributed by atoms with Gasteiger partial charge in [-0.05, 0) is 39.5 Å². The van der Waals surface area contributed by atoms with E-state index in [0.717, 1.165) is 47.8 Å². The lowest BCUT2D eigenvalue weighted by Gasteiger charge is -2.34. The summed E-state index contributed by atoms with van der Waals surface area (Å²) in [7, 11) is 0. The van der Waals surface area contributed by atoms with Crippen LogP contribution in [0.2, 0.25) is 0 Å². The summed E-state index contributed by atoms with van der Waals surface area (Å²) < 4.78 is 5.17. The number of hydrogen-bond acceptors (Lipinski definition) is 5. The van der Waals surface area contributed by atoms with Crippen molar-refractivity contribution in [2.45, 2.75) is 52.0 Å². The van der Waals surface area contributed by atoms with Gasteiger partial charge in [0.2, 0.25) is 5.91 Å². The summed E-state index contributed by atoms with van der Waals surface area (Å²) in [6, 6.07) is 0.158. The predicted octanol–water partition coefficient (Wildman–Crippen LogP) is 3.43. The Morgan fingerprint density at radius 1 is 1.45 bits per heavy atom. The Kier molecular flexibility index (Phi) is 4.57. The van der Waals surface area contributed by atoms with Crippen molar-refractivity contribution in [1.82, 2.24) is 15.0 Å². The second-order valence-electron chi connectivity index (χ2n) is 5.77. The second-order valence-corrected chi connectivity index (χ2v) is 6.70. The van der Waals surface area contributed by atoms with Crippen molar-refractivity contribution in [3.05, 3.63) is 33.6 Å². The van der Waals surface area contributed by atoms with E-state index in [-0.39, 0.29) is 11.9 Å². The fourth-order valence-electron chi connectivity index (χ4n) is 3.12. The molecule has 1 aliphatic rings. The summed E-state index contributed by atoms with van der Waals surface area (Å²) in [6.45, 7) is 4.67. The van der Waals surface area contributed by atoms with E-state index in [2.05, 4.69) is 10.1 Å². The molecule has 3 rings (SSSR count). The Balaban J connectivity index is 1.67. The molecule has 2 aromatic heterocycles. The van der Waals surface area contributed by atoms with Gasteiger partial charge in [0.15, 0.2) is 0 Å². The lowest BCUT2D eigenvalue weighted by Crippen LogP contribution is -2.38. The lowest BCUT2D eigenvalue weighted by atomic mass is 10.0. The molecule has 5 nitrogen and oxygen atoms in total. The molecule has 6 heteroatoms. The zero-order chi connectivity index (χ0) is 15.5. The van der Waals surface area contributed by atoms with Crippen LogP contribution in [0.3, 0.4) is 0 Å². The molecule has 0 spiro atoms. The van der Waals surface area contributed by atoms with Crippen LogP contribution in [0.1, 0.15) is 53.8 Å². The Hall–Kier alpha value is -1.69. The van der Waals surface area contributed by atoms with Gasteiger partial charge < -0.3 is 9.42 Å². The summed E-state index contributed by atoms with van der Waals surface area (Å²) in [5, 5.41) is 7.00. The third kappa shape index (κ3) is 3.06. The first-order valence-corrected chi connectivity index (χ1v) is 8.65. The molecule has 2 aromatic rings. The summed E-state index contributed by atoms with van der Waals surface area (Å²) in [5.41, 5.74) is 1.96. The molecule has 118 valence electrons. The molecule has 0 aliphatic carbocycles. The maximum Gasteiger partial charge on any atom is 0.223 e. The van der Waals surface area contributed by atoms with Gasteiger partial charge in [0.05, 0.1) is 11.7 Å². The fourth-order valence-corrected chi connectivity index (χ4v) is 3.91. The van der Waals surface area contributed by atoms with E-state index < -0.39 is 0 Å². The van der Waals surface area contributed by atoms with Crippen LogP contribution in [0.4, 0.5) is 0 Å². The van der Waals surface area contributed by atoms with E-state index in [9.17, 15) is 4.79 Å². The van der Waals surface area contributed by atoms with E-state index in [1.807, 2.05) is 30.3 Å². The topological polar surface area (TPSA) is 59.2 Å². The number of aryl methyl sites for hydroxylation is 2. The highest BCUT2D eigenvalue weighted by atomic mass is 32.1. The predicted molar refractivity (Wildman–Crippen MR) is 84.7 cm³/mol. The van der Waals surface area contributed by atoms with E-state index >= 15 is 0 Å². The van der Waals surface area contributed by atoms with Crippen LogP contribution in [0.15, 0.2) is 16.1 Å². The molecular weight excluding hydrogens is 298 g/mol. The average molecular weight is 319 g/mol. The standard InChI is InChI=1S/C16H21N3O2S/c1-11-13(12(2)21-18-11)6-7-15(20)19-9-4-3-5-14(19)16-17-8-10-22-16/h8,10,14H,3-7,9H2,1-2H3/t14-/m0/s1. The van der Waals surface area contributed by atoms with Gasteiger partial charge in [0.1, 0.15) is 10.8 Å². The monoisotopic (exact) mass is 319 g/mol. The fraction of sp³-hybridized carbons (Fsp3) is 0.562. The molecule has 0 bridgehead atoms. The van der Waals surface area contributed by atoms with Crippen molar-refractivity contribution in [3.8, 4) is 0 Å². The van der Waals surface area contributed by atoms with Crippen LogP contribution in [-0.4, -0.2) is 27.5 Å². The molecule has 0 saturated carbocycles. The average Bonchev–Trinajstić information content (AvgIpc) is 3.16. The van der Waals surface area contributed by atoms with E-state index in [4.69, 9.17) is 4.52 Å². The largest absolute Gasteiger partial charge is 0.361 e. The number of rotatable bonds is 4. The van der Waals surface area contributed by atoms with Crippen molar-refractivity contribution < 1.29 is 9.32 Å². The molecule has 0 N–H and O–H groups in total. The number of amides is 1. The molecule has 1 saturated heterocycles. The summed E-state index contributed by atoms with van der Waals surface area (Å²) >= 11 is 1.64. The summed E-state index contributed by atoms with van der Waals surface area (Å²) in [6.07, 6.45) is 6.29. The number of hydrogen-bond donors (Lipinski definition) is 0. The maximum absolute atomic E-state index is 12.7. The van der Waals surface area contributed by atoms with Crippen LogP contribution in [-0.2, 0) is 11.2 Å². The Bertz CT molecular complexity index is 616. The molecule has 22 heavy (non-hydrogen) atoms. The zero-order valence-corrected chi connectivity index (χ0v) is 13.9. The molecule has 1 fully saturated rings. The smallest absolute Gasteiger partial charge is 0.223 e. The van der Waals surface area contributed by atoms with Crippen molar-refractivity contribution in [2.75, 3.05) is 6.54 Å². The minimum Gasteiger partial charge on any atom is -0.361 e. The molecule has 0 unspecified atom stereocenters. The lowest BCUT2D eigenvalue weighted by molar-refractivity contribution is -0.135. The highest BCUT2D eigenvalue weighted by Crippen LogP contribution is 2.32. The number of carbonyl (C=O) groups excluding carboxylic acids is 1. The molecule has 0 aromatic carbocycles. The second kappa shape index (κ2) is 6.60. The number of nitrogens with zero attached hydrogens (tertiary/aromatic N) is 3. The molecule has 1 amide bonds. The first kappa shape index (κ1) is 15.2. The SMILES string of the molecule is Cc1noc(C)c1CCC(=O)N1CCCC[C@H]1c1nccs1. The quantitative estimate of drug-likeness (QED) is 0.866. The highest BCUT2D eigenvalue weighted by molar-refractivity contribution is 7.09. The van der Waals surface area contributed by atoms with Crippen molar-refractivity contribution >= 4 is 17.2 Å². The van der Waals surface area contributed by atoms with Crippen LogP contribution >= 0.6 is 11.3 Å². The zero-order valence-electron chi connectivity index (χ0n) is 13.0. The van der Waals surface area contributed by atoms with Crippen molar-refractivity contribution in [2.24, 2.45) is 0 Å². The number of carbonyl (C=O) groups is 1. The van der Waals surface area contributed by atoms with Gasteiger partial charge in [0, 0.05) is 30.1 Å². The van der Waals surface area contributed by atoms with Gasteiger partial charge >= 0.3 is 0 Å². The van der Waals surface area contributed by atoms with Crippen molar-refractivity contribution in [3.63, 3.8) is 0 Å². The number of piperidine rings is 1. The van der Waals surface area contributed by atoms with E-state index in [1.54, 1.807) is 11.3 Å². The van der Waals surface area contributed by atoms with Gasteiger partial charge in [-0.3, -0.25) is 4.79 Å². The number of aromatic nitrogens is 2. The molecule has 1 atom stereocenters. The maximum atomic E-state index is 12.7. The highest BCUT2D eigenvalue weighted by Gasteiger charge is 2.29. The normalized spacial score (nSPS) is 18.6. The third-order valence-electron chi connectivity index (χ3n) is 4.33. The summed E-state index contributed by atoms with van der Waals surface area (Å²) in [4.78, 5) is 19.1. The molecular formula is C16H21N3O2S. The number of thiazole rings is 1.